The molecule has 0 saturated heterocycles. The van der Waals surface area contributed by atoms with Crippen molar-refractivity contribution >= 4 is 49.3 Å². The summed E-state index contributed by atoms with van der Waals surface area (Å²) in [5, 5.41) is 4.90. The second-order valence-electron chi connectivity index (χ2n) is 9.77. The molecule has 3 nitrogen and oxygen atoms in total. The molecule has 0 aliphatic rings. The van der Waals surface area contributed by atoms with Gasteiger partial charge in [0.1, 0.15) is 0 Å². The minimum atomic E-state index is 0.735. The molecule has 0 spiro atoms. The molecule has 0 N–H and O–H groups in total. The maximum Gasteiger partial charge on any atom is 0.195 e. The Labute approximate surface area is 215 Å². The third kappa shape index (κ3) is 2.81. The average molecular weight is 476 g/mol. The highest BCUT2D eigenvalue weighted by atomic mass is 15.1. The number of nitrogens with zero attached hydrogens (tertiary/aromatic N) is 3. The van der Waals surface area contributed by atoms with E-state index in [1.54, 1.807) is 0 Å². The van der Waals surface area contributed by atoms with Crippen molar-refractivity contribution in [3.8, 4) is 11.4 Å². The van der Waals surface area contributed by atoms with Crippen LogP contribution >= 0.6 is 0 Å². The van der Waals surface area contributed by atoms with Crippen molar-refractivity contribution in [3.63, 3.8) is 0 Å². The molecule has 176 valence electrons. The summed E-state index contributed by atoms with van der Waals surface area (Å²) in [6.07, 6.45) is 0. The van der Waals surface area contributed by atoms with Crippen molar-refractivity contribution in [1.82, 2.24) is 9.13 Å². The molecular weight excluding hydrogens is 450 g/mol. The standard InChI is InChI=1S/C34H25N3/c1-21-22(2)33(36-28-17-9-5-13-24(28)25-14-6-10-18-29(25)36)34(23(3)32(21)35-4)37-30-19-11-7-15-26(30)27-16-8-12-20-31(27)37/h5-20H,1-3H3. The van der Waals surface area contributed by atoms with E-state index in [1.165, 1.54) is 32.6 Å². The maximum atomic E-state index is 8.09. The predicted molar refractivity (Wildman–Crippen MR) is 156 cm³/mol. The maximum absolute atomic E-state index is 8.09. The van der Waals surface area contributed by atoms with Gasteiger partial charge in [-0.2, -0.15) is 0 Å². The Bertz CT molecular complexity index is 1970. The lowest BCUT2D eigenvalue weighted by Crippen LogP contribution is -2.09. The first-order valence-electron chi connectivity index (χ1n) is 12.6. The van der Waals surface area contributed by atoms with Gasteiger partial charge in [0, 0.05) is 21.5 Å². The van der Waals surface area contributed by atoms with E-state index in [4.69, 9.17) is 6.57 Å². The van der Waals surface area contributed by atoms with Crippen LogP contribution in [0.3, 0.4) is 0 Å². The molecule has 2 aromatic heterocycles. The topological polar surface area (TPSA) is 14.2 Å². The predicted octanol–water partition coefficient (Wildman–Crippen LogP) is 9.36. The van der Waals surface area contributed by atoms with Crippen LogP contribution in [-0.2, 0) is 0 Å². The van der Waals surface area contributed by atoms with Crippen LogP contribution in [-0.4, -0.2) is 9.13 Å². The second-order valence-corrected chi connectivity index (χ2v) is 9.77. The number of hydrogen-bond donors (Lipinski definition) is 0. The number of hydrogen-bond acceptors (Lipinski definition) is 0. The van der Waals surface area contributed by atoms with Gasteiger partial charge in [0.25, 0.3) is 0 Å². The Balaban J connectivity index is 1.77. The van der Waals surface area contributed by atoms with E-state index in [0.29, 0.717) is 0 Å². The quantitative estimate of drug-likeness (QED) is 0.221. The first-order chi connectivity index (χ1) is 18.1. The summed E-state index contributed by atoms with van der Waals surface area (Å²) >= 11 is 0. The summed E-state index contributed by atoms with van der Waals surface area (Å²) in [6.45, 7) is 14.4. The SMILES string of the molecule is [C-]#[N+]c1c(C)c(C)c(-n2c3ccccc3c3ccccc32)c(-n2c3ccccc3c3ccccc32)c1C. The van der Waals surface area contributed by atoms with Crippen LogP contribution in [0.25, 0.3) is 59.8 Å². The Morgan fingerprint density at radius 1 is 0.459 bits per heavy atom. The van der Waals surface area contributed by atoms with Gasteiger partial charge < -0.3 is 9.13 Å². The smallest absolute Gasteiger partial charge is 0.195 e. The van der Waals surface area contributed by atoms with Gasteiger partial charge in [-0.05, 0) is 61.7 Å². The van der Waals surface area contributed by atoms with Gasteiger partial charge in [0.2, 0.25) is 0 Å². The Kier molecular flexibility index (Phi) is 4.55. The van der Waals surface area contributed by atoms with Crippen LogP contribution in [0.2, 0.25) is 0 Å². The van der Waals surface area contributed by atoms with Crippen LogP contribution in [0.5, 0.6) is 0 Å². The third-order valence-corrected chi connectivity index (χ3v) is 7.93. The summed E-state index contributed by atoms with van der Waals surface area (Å²) in [6, 6.07) is 34.4. The zero-order valence-corrected chi connectivity index (χ0v) is 21.1. The van der Waals surface area contributed by atoms with Crippen molar-refractivity contribution in [2.75, 3.05) is 0 Å². The minimum absolute atomic E-state index is 0.735. The van der Waals surface area contributed by atoms with Crippen molar-refractivity contribution in [1.29, 1.82) is 0 Å². The van der Waals surface area contributed by atoms with E-state index in [0.717, 1.165) is 44.8 Å². The third-order valence-electron chi connectivity index (χ3n) is 7.93. The highest BCUT2D eigenvalue weighted by Crippen LogP contribution is 2.44. The molecule has 7 aromatic rings. The van der Waals surface area contributed by atoms with E-state index in [9.17, 15) is 0 Å². The number of benzene rings is 5. The molecule has 5 aromatic carbocycles. The second kappa shape index (κ2) is 7.85. The summed E-state index contributed by atoms with van der Waals surface area (Å²) in [5.74, 6) is 0. The fraction of sp³-hybridized carbons (Fsp3) is 0.0882. The average Bonchev–Trinajstić information content (AvgIpc) is 3.44. The van der Waals surface area contributed by atoms with Crippen molar-refractivity contribution in [2.24, 2.45) is 0 Å². The fourth-order valence-electron chi connectivity index (χ4n) is 6.15. The molecule has 0 fully saturated rings. The zero-order valence-electron chi connectivity index (χ0n) is 21.1. The van der Waals surface area contributed by atoms with E-state index in [1.807, 2.05) is 0 Å². The normalized spacial score (nSPS) is 11.6. The summed E-state index contributed by atoms with van der Waals surface area (Å²) in [4.78, 5) is 4.04. The first-order valence-corrected chi connectivity index (χ1v) is 12.6. The van der Waals surface area contributed by atoms with Gasteiger partial charge in [-0.15, -0.1) is 0 Å². The first kappa shape index (κ1) is 21.5. The molecule has 0 amide bonds. The van der Waals surface area contributed by atoms with Gasteiger partial charge in [-0.1, -0.05) is 72.8 Å². The van der Waals surface area contributed by atoms with Crippen LogP contribution in [0, 0.1) is 27.3 Å². The van der Waals surface area contributed by atoms with Gasteiger partial charge in [-0.25, -0.2) is 4.85 Å². The molecule has 0 aliphatic carbocycles. The van der Waals surface area contributed by atoms with Gasteiger partial charge >= 0.3 is 0 Å². The molecule has 0 aliphatic heterocycles. The largest absolute Gasteiger partial charge is 0.308 e. The van der Waals surface area contributed by atoms with Gasteiger partial charge in [-0.3, -0.25) is 0 Å². The number of rotatable bonds is 2. The van der Waals surface area contributed by atoms with Crippen LogP contribution in [0.4, 0.5) is 5.69 Å². The summed E-state index contributed by atoms with van der Waals surface area (Å²) in [5.41, 5.74) is 10.7. The molecule has 0 bridgehead atoms. The number of aromatic nitrogens is 2. The number of fused-ring (bicyclic) bond motifs is 6. The molecular formula is C34H25N3. The van der Waals surface area contributed by atoms with Crippen molar-refractivity contribution in [2.45, 2.75) is 20.8 Å². The van der Waals surface area contributed by atoms with E-state index < -0.39 is 0 Å². The van der Waals surface area contributed by atoms with E-state index >= 15 is 0 Å². The minimum Gasteiger partial charge on any atom is -0.308 e. The lowest BCUT2D eigenvalue weighted by atomic mass is 9.98. The molecule has 2 heterocycles. The highest BCUT2D eigenvalue weighted by molar-refractivity contribution is 6.12. The molecule has 0 radical (unpaired) electrons. The summed E-state index contributed by atoms with van der Waals surface area (Å²) < 4.78 is 4.78. The van der Waals surface area contributed by atoms with Crippen LogP contribution < -0.4 is 0 Å². The highest BCUT2D eigenvalue weighted by Gasteiger charge is 2.25. The molecule has 0 unspecified atom stereocenters. The van der Waals surface area contributed by atoms with Crippen molar-refractivity contribution < 1.29 is 0 Å². The Morgan fingerprint density at radius 3 is 1.14 bits per heavy atom. The zero-order chi connectivity index (χ0) is 25.3. The summed E-state index contributed by atoms with van der Waals surface area (Å²) in [7, 11) is 0. The molecule has 37 heavy (non-hydrogen) atoms. The number of para-hydroxylation sites is 4. The van der Waals surface area contributed by atoms with Gasteiger partial charge in [0.15, 0.2) is 5.69 Å². The van der Waals surface area contributed by atoms with Crippen molar-refractivity contribution in [3.05, 3.63) is 125 Å². The molecule has 0 atom stereocenters. The lowest BCUT2D eigenvalue weighted by Gasteiger charge is -2.24. The van der Waals surface area contributed by atoms with Crippen LogP contribution in [0.1, 0.15) is 16.7 Å². The Morgan fingerprint density at radius 2 is 0.784 bits per heavy atom. The Hall–Kier alpha value is -4.81. The van der Waals surface area contributed by atoms with E-state index in [2.05, 4.69) is 132 Å². The van der Waals surface area contributed by atoms with Crippen LogP contribution in [0.15, 0.2) is 97.1 Å². The fourth-order valence-corrected chi connectivity index (χ4v) is 6.15. The lowest BCUT2D eigenvalue weighted by molar-refractivity contribution is 1.05. The monoisotopic (exact) mass is 475 g/mol. The molecule has 0 saturated carbocycles. The molecule has 7 rings (SSSR count). The van der Waals surface area contributed by atoms with E-state index in [-0.39, 0.29) is 0 Å². The van der Waals surface area contributed by atoms with Gasteiger partial charge in [0.05, 0.1) is 40.0 Å². The molecule has 3 heteroatoms.